The lowest BCUT2D eigenvalue weighted by Crippen LogP contribution is -2.32. The fourth-order valence-corrected chi connectivity index (χ4v) is 2.29. The van der Waals surface area contributed by atoms with Gasteiger partial charge in [-0.25, -0.2) is 0 Å². The van der Waals surface area contributed by atoms with Gasteiger partial charge in [0.2, 0.25) is 5.91 Å². The molecule has 0 aromatic heterocycles. The molecule has 1 atom stereocenters. The maximum atomic E-state index is 12.4. The predicted molar refractivity (Wildman–Crippen MR) is 87.6 cm³/mol. The highest BCUT2D eigenvalue weighted by atomic mass is 16.5. The predicted octanol–water partition coefficient (Wildman–Crippen LogP) is 3.34. The van der Waals surface area contributed by atoms with Crippen LogP contribution in [0.4, 0.5) is 5.69 Å². The Hall–Kier alpha value is -1.55. The topological polar surface area (TPSA) is 64.3 Å². The summed E-state index contributed by atoms with van der Waals surface area (Å²) >= 11 is 0. The van der Waals surface area contributed by atoms with E-state index in [1.165, 1.54) is 0 Å². The average molecular weight is 292 g/mol. The lowest BCUT2D eigenvalue weighted by Gasteiger charge is -2.24. The number of hydrogen-bond donors (Lipinski definition) is 2. The number of amides is 1. The molecule has 0 saturated heterocycles. The highest BCUT2D eigenvalue weighted by Gasteiger charge is 2.24. The molecule has 4 heteroatoms. The van der Waals surface area contributed by atoms with Crippen LogP contribution < -0.4 is 15.8 Å². The third kappa shape index (κ3) is 5.76. The van der Waals surface area contributed by atoms with Crippen molar-refractivity contribution in [1.29, 1.82) is 0 Å². The first-order chi connectivity index (χ1) is 9.76. The van der Waals surface area contributed by atoms with Crippen molar-refractivity contribution in [3.8, 4) is 5.75 Å². The van der Waals surface area contributed by atoms with Gasteiger partial charge in [-0.1, -0.05) is 20.8 Å². The Morgan fingerprint density at radius 1 is 1.38 bits per heavy atom. The van der Waals surface area contributed by atoms with Crippen LogP contribution in [0.25, 0.3) is 0 Å². The van der Waals surface area contributed by atoms with Crippen LogP contribution >= 0.6 is 0 Å². The number of anilines is 1. The summed E-state index contributed by atoms with van der Waals surface area (Å²) in [6.07, 6.45) is 0.769. The van der Waals surface area contributed by atoms with Crippen LogP contribution in [-0.2, 0) is 4.79 Å². The number of carbonyl (C=O) groups excluding carboxylic acids is 1. The highest BCUT2D eigenvalue weighted by Crippen LogP contribution is 2.26. The Kier molecular flexibility index (Phi) is 6.21. The van der Waals surface area contributed by atoms with Crippen LogP contribution in [0.15, 0.2) is 18.2 Å². The van der Waals surface area contributed by atoms with E-state index in [9.17, 15) is 4.79 Å². The van der Waals surface area contributed by atoms with Gasteiger partial charge in [0.25, 0.3) is 0 Å². The summed E-state index contributed by atoms with van der Waals surface area (Å²) in [5.74, 6) is 0.633. The van der Waals surface area contributed by atoms with E-state index in [0.717, 1.165) is 23.4 Å². The molecule has 0 spiro atoms. The van der Waals surface area contributed by atoms with Crippen molar-refractivity contribution in [2.24, 2.45) is 17.1 Å². The summed E-state index contributed by atoms with van der Waals surface area (Å²) in [6, 6.07) is 5.68. The number of carbonyl (C=O) groups is 1. The van der Waals surface area contributed by atoms with Crippen molar-refractivity contribution >= 4 is 11.6 Å². The standard InChI is InChI=1S/C17H28N2O2/c1-6-21-14-7-8-15(12(2)9-14)19-16(20)13(11-18)10-17(3,4)5/h7-9,13H,6,10-11,18H2,1-5H3,(H,19,20). The fourth-order valence-electron chi connectivity index (χ4n) is 2.29. The van der Waals surface area contributed by atoms with Crippen LogP contribution in [0.3, 0.4) is 0 Å². The number of ether oxygens (including phenoxy) is 1. The third-order valence-electron chi connectivity index (χ3n) is 3.28. The van der Waals surface area contributed by atoms with Crippen molar-refractivity contribution < 1.29 is 9.53 Å². The number of benzene rings is 1. The molecule has 1 rings (SSSR count). The van der Waals surface area contributed by atoms with Crippen LogP contribution in [0.5, 0.6) is 5.75 Å². The molecule has 3 N–H and O–H groups in total. The second-order valence-corrected chi connectivity index (χ2v) is 6.60. The fraction of sp³-hybridized carbons (Fsp3) is 0.588. The van der Waals surface area contributed by atoms with E-state index in [-0.39, 0.29) is 17.2 Å². The zero-order valence-electron chi connectivity index (χ0n) is 13.8. The molecule has 0 bridgehead atoms. The molecule has 0 aliphatic rings. The summed E-state index contributed by atoms with van der Waals surface area (Å²) in [6.45, 7) is 11.2. The van der Waals surface area contributed by atoms with Gasteiger partial charge in [0.1, 0.15) is 5.75 Å². The first kappa shape index (κ1) is 17.5. The SMILES string of the molecule is CCOc1ccc(NC(=O)C(CN)CC(C)(C)C)c(C)c1. The zero-order valence-corrected chi connectivity index (χ0v) is 13.8. The molecule has 0 aliphatic carbocycles. The van der Waals surface area contributed by atoms with Crippen LogP contribution in [0.2, 0.25) is 0 Å². The molecular weight excluding hydrogens is 264 g/mol. The van der Waals surface area contributed by atoms with Gasteiger partial charge in [0.05, 0.1) is 12.5 Å². The molecule has 0 saturated carbocycles. The number of hydrogen-bond acceptors (Lipinski definition) is 3. The van der Waals surface area contributed by atoms with E-state index in [1.54, 1.807) is 0 Å². The summed E-state index contributed by atoms with van der Waals surface area (Å²) in [7, 11) is 0. The Morgan fingerprint density at radius 3 is 2.52 bits per heavy atom. The Bertz CT molecular complexity index is 478. The van der Waals surface area contributed by atoms with Gasteiger partial charge in [0, 0.05) is 12.2 Å². The summed E-state index contributed by atoms with van der Waals surface area (Å²) in [5.41, 5.74) is 7.64. The van der Waals surface area contributed by atoms with Gasteiger partial charge in [-0.15, -0.1) is 0 Å². The number of aryl methyl sites for hydroxylation is 1. The molecule has 0 fully saturated rings. The third-order valence-corrected chi connectivity index (χ3v) is 3.28. The molecular formula is C17H28N2O2. The maximum Gasteiger partial charge on any atom is 0.228 e. The zero-order chi connectivity index (χ0) is 16.0. The lowest BCUT2D eigenvalue weighted by atomic mass is 9.84. The van der Waals surface area contributed by atoms with Crippen LogP contribution in [0, 0.1) is 18.3 Å². The second kappa shape index (κ2) is 7.46. The Morgan fingerprint density at radius 2 is 2.05 bits per heavy atom. The van der Waals surface area contributed by atoms with Crippen molar-refractivity contribution in [2.75, 3.05) is 18.5 Å². The molecule has 1 aromatic rings. The minimum atomic E-state index is -0.170. The molecule has 0 radical (unpaired) electrons. The molecule has 118 valence electrons. The Labute approximate surface area is 128 Å². The van der Waals surface area contributed by atoms with Crippen molar-refractivity contribution in [3.63, 3.8) is 0 Å². The van der Waals surface area contributed by atoms with Gasteiger partial charge < -0.3 is 15.8 Å². The first-order valence-corrected chi connectivity index (χ1v) is 7.51. The van der Waals surface area contributed by atoms with Gasteiger partial charge >= 0.3 is 0 Å². The maximum absolute atomic E-state index is 12.4. The number of nitrogens with one attached hydrogen (secondary N) is 1. The minimum absolute atomic E-state index is 0.0142. The van der Waals surface area contributed by atoms with E-state index in [2.05, 4.69) is 26.1 Å². The molecule has 1 amide bonds. The molecule has 0 heterocycles. The van der Waals surface area contributed by atoms with E-state index in [0.29, 0.717) is 13.2 Å². The number of nitrogens with two attached hydrogens (primary N) is 1. The molecule has 1 aromatic carbocycles. The van der Waals surface area contributed by atoms with Gasteiger partial charge in [0.15, 0.2) is 0 Å². The molecule has 1 unspecified atom stereocenters. The van der Waals surface area contributed by atoms with Crippen molar-refractivity contribution in [1.82, 2.24) is 0 Å². The van der Waals surface area contributed by atoms with Crippen molar-refractivity contribution in [3.05, 3.63) is 23.8 Å². The lowest BCUT2D eigenvalue weighted by molar-refractivity contribution is -0.120. The number of rotatable bonds is 6. The van der Waals surface area contributed by atoms with E-state index in [4.69, 9.17) is 10.5 Å². The molecule has 21 heavy (non-hydrogen) atoms. The minimum Gasteiger partial charge on any atom is -0.494 e. The normalized spacial score (nSPS) is 12.9. The van der Waals surface area contributed by atoms with Crippen LogP contribution in [0.1, 0.15) is 39.7 Å². The largest absolute Gasteiger partial charge is 0.494 e. The quantitative estimate of drug-likeness (QED) is 0.845. The van der Waals surface area contributed by atoms with E-state index >= 15 is 0 Å². The van der Waals surface area contributed by atoms with Crippen molar-refractivity contribution in [2.45, 2.75) is 41.0 Å². The summed E-state index contributed by atoms with van der Waals surface area (Å²) < 4.78 is 5.45. The molecule has 0 aliphatic heterocycles. The summed E-state index contributed by atoms with van der Waals surface area (Å²) in [4.78, 5) is 12.4. The van der Waals surface area contributed by atoms with E-state index in [1.807, 2.05) is 32.0 Å². The van der Waals surface area contributed by atoms with Gasteiger partial charge in [-0.2, -0.15) is 0 Å². The molecule has 4 nitrogen and oxygen atoms in total. The van der Waals surface area contributed by atoms with Gasteiger partial charge in [-0.05, 0) is 49.4 Å². The first-order valence-electron chi connectivity index (χ1n) is 7.51. The highest BCUT2D eigenvalue weighted by molar-refractivity contribution is 5.93. The van der Waals surface area contributed by atoms with Gasteiger partial charge in [-0.3, -0.25) is 4.79 Å². The average Bonchev–Trinajstić information content (AvgIpc) is 2.38. The smallest absolute Gasteiger partial charge is 0.228 e. The Balaban J connectivity index is 2.77. The summed E-state index contributed by atoms with van der Waals surface area (Å²) in [5, 5.41) is 2.98. The van der Waals surface area contributed by atoms with E-state index < -0.39 is 0 Å². The monoisotopic (exact) mass is 292 g/mol. The second-order valence-electron chi connectivity index (χ2n) is 6.60. The van der Waals surface area contributed by atoms with Crippen LogP contribution in [-0.4, -0.2) is 19.1 Å².